The Morgan fingerprint density at radius 3 is 1.97 bits per heavy atom. The van der Waals surface area contributed by atoms with Crippen molar-refractivity contribution in [3.8, 4) is 0 Å². The van der Waals surface area contributed by atoms with E-state index in [1.165, 1.54) is 6.33 Å². The van der Waals surface area contributed by atoms with Crippen LogP contribution in [-0.4, -0.2) is 9.97 Å². The van der Waals surface area contributed by atoms with Gasteiger partial charge in [0, 0.05) is 0 Å². The predicted octanol–water partition coefficient (Wildman–Crippen LogP) is 6.27. The van der Waals surface area contributed by atoms with Crippen LogP contribution in [0.1, 0.15) is 0 Å². The van der Waals surface area contributed by atoms with Crippen molar-refractivity contribution in [3.05, 3.63) is 95.2 Å². The monoisotopic (exact) mass is 436 g/mol. The minimum atomic E-state index is 0.338. The fraction of sp³-hybridized carbons (Fsp3) is 0. The van der Waals surface area contributed by atoms with Gasteiger partial charge in [0.2, 0.25) is 0 Å². The van der Waals surface area contributed by atoms with Crippen LogP contribution in [0, 0.1) is 0 Å². The van der Waals surface area contributed by atoms with Crippen LogP contribution in [0.2, 0.25) is 10.0 Å². The van der Waals surface area contributed by atoms with Crippen LogP contribution < -0.4 is 21.5 Å². The quantitative estimate of drug-likeness (QED) is 0.309. The number of para-hydroxylation sites is 2. The molecule has 0 aliphatic carbocycles. The molecule has 1 heterocycles. The first-order valence-electron chi connectivity index (χ1n) is 9.12. The summed E-state index contributed by atoms with van der Waals surface area (Å²) in [6.45, 7) is 0. The molecule has 0 aliphatic heterocycles. The van der Waals surface area contributed by atoms with Crippen molar-refractivity contribution in [2.75, 3.05) is 21.5 Å². The first-order chi connectivity index (χ1) is 14.6. The van der Waals surface area contributed by atoms with Gasteiger partial charge in [0.25, 0.3) is 0 Å². The Kier molecular flexibility index (Phi) is 5.88. The van der Waals surface area contributed by atoms with E-state index >= 15 is 0 Å². The van der Waals surface area contributed by atoms with Gasteiger partial charge in [-0.05, 0) is 36.4 Å². The number of nitrogens with zero attached hydrogens (tertiary/aromatic N) is 3. The summed E-state index contributed by atoms with van der Waals surface area (Å²) in [6.07, 6.45) is 1.42. The van der Waals surface area contributed by atoms with Crippen molar-refractivity contribution in [1.29, 1.82) is 0 Å². The second-order valence-corrected chi connectivity index (χ2v) is 7.11. The van der Waals surface area contributed by atoms with Crippen LogP contribution >= 0.6 is 23.2 Å². The summed E-state index contributed by atoms with van der Waals surface area (Å²) in [5, 5.41) is 5.85. The van der Waals surface area contributed by atoms with Gasteiger partial charge in [0.15, 0.2) is 11.6 Å². The van der Waals surface area contributed by atoms with Crippen molar-refractivity contribution in [2.45, 2.75) is 0 Å². The van der Waals surface area contributed by atoms with E-state index in [1.807, 2.05) is 65.7 Å². The van der Waals surface area contributed by atoms with E-state index < -0.39 is 0 Å². The molecule has 30 heavy (non-hydrogen) atoms. The van der Waals surface area contributed by atoms with Gasteiger partial charge in [0.05, 0.1) is 27.1 Å². The SMILES string of the molecule is Nc1c(Nc2cccc(Cl)c2Cl)ncnc1NN(c1ccccc1)c1ccccc1. The second kappa shape index (κ2) is 8.90. The number of anilines is 6. The summed E-state index contributed by atoms with van der Waals surface area (Å²) in [5.41, 5.74) is 12.5. The number of nitrogens with one attached hydrogen (secondary N) is 2. The van der Waals surface area contributed by atoms with Gasteiger partial charge in [-0.3, -0.25) is 10.4 Å². The van der Waals surface area contributed by atoms with E-state index in [-0.39, 0.29) is 0 Å². The van der Waals surface area contributed by atoms with Gasteiger partial charge in [-0.15, -0.1) is 0 Å². The van der Waals surface area contributed by atoms with Crippen LogP contribution in [0.15, 0.2) is 85.2 Å². The standard InChI is InChI=1S/C22H18Cl2N6/c23-17-12-7-13-18(19(17)24)28-21-20(25)22(27-14-26-21)29-30(15-8-3-1-4-9-15)16-10-5-2-6-11-16/h1-14H,25H2,(H2,26,27,28,29). The first-order valence-corrected chi connectivity index (χ1v) is 9.87. The zero-order valence-corrected chi connectivity index (χ0v) is 17.3. The van der Waals surface area contributed by atoms with Gasteiger partial charge < -0.3 is 11.1 Å². The highest BCUT2D eigenvalue weighted by Gasteiger charge is 2.15. The summed E-state index contributed by atoms with van der Waals surface area (Å²) in [7, 11) is 0. The highest BCUT2D eigenvalue weighted by molar-refractivity contribution is 6.43. The molecule has 0 unspecified atom stereocenters. The fourth-order valence-corrected chi connectivity index (χ4v) is 3.20. The molecule has 4 rings (SSSR count). The molecule has 150 valence electrons. The van der Waals surface area contributed by atoms with Gasteiger partial charge in [0.1, 0.15) is 12.0 Å². The Morgan fingerprint density at radius 1 is 0.733 bits per heavy atom. The largest absolute Gasteiger partial charge is 0.393 e. The molecule has 0 saturated heterocycles. The van der Waals surface area contributed by atoms with Gasteiger partial charge in [-0.25, -0.2) is 9.97 Å². The van der Waals surface area contributed by atoms with Crippen LogP contribution in [0.5, 0.6) is 0 Å². The Labute approximate surface area is 184 Å². The lowest BCUT2D eigenvalue weighted by atomic mass is 10.2. The minimum absolute atomic E-state index is 0.338. The maximum absolute atomic E-state index is 6.37. The van der Waals surface area contributed by atoms with E-state index in [9.17, 15) is 0 Å². The van der Waals surface area contributed by atoms with Crippen molar-refractivity contribution >= 4 is 57.6 Å². The van der Waals surface area contributed by atoms with Gasteiger partial charge in [-0.1, -0.05) is 65.7 Å². The summed E-state index contributed by atoms with van der Waals surface area (Å²) in [6, 6.07) is 25.0. The van der Waals surface area contributed by atoms with E-state index in [2.05, 4.69) is 20.7 Å². The molecular weight excluding hydrogens is 419 g/mol. The fourth-order valence-electron chi connectivity index (χ4n) is 2.85. The molecule has 4 aromatic rings. The highest BCUT2D eigenvalue weighted by atomic mass is 35.5. The van der Waals surface area contributed by atoms with Crippen molar-refractivity contribution < 1.29 is 0 Å². The van der Waals surface area contributed by atoms with Crippen LogP contribution in [0.4, 0.5) is 34.4 Å². The molecule has 0 saturated carbocycles. The molecule has 3 aromatic carbocycles. The molecule has 8 heteroatoms. The molecular formula is C22H18Cl2N6. The normalized spacial score (nSPS) is 10.5. The minimum Gasteiger partial charge on any atom is -0.393 e. The molecule has 0 fully saturated rings. The Morgan fingerprint density at radius 2 is 1.33 bits per heavy atom. The molecule has 1 aromatic heterocycles. The molecule has 0 bridgehead atoms. The van der Waals surface area contributed by atoms with Crippen molar-refractivity contribution in [1.82, 2.24) is 9.97 Å². The van der Waals surface area contributed by atoms with Crippen LogP contribution in [0.3, 0.4) is 0 Å². The van der Waals surface area contributed by atoms with Gasteiger partial charge in [-0.2, -0.15) is 0 Å². The second-order valence-electron chi connectivity index (χ2n) is 6.33. The van der Waals surface area contributed by atoms with E-state index in [4.69, 9.17) is 28.9 Å². The number of hydrogen-bond acceptors (Lipinski definition) is 6. The third-order valence-corrected chi connectivity index (χ3v) is 5.15. The third kappa shape index (κ3) is 4.25. The number of aromatic nitrogens is 2. The zero-order valence-electron chi connectivity index (χ0n) is 15.8. The Hall–Kier alpha value is -3.48. The van der Waals surface area contributed by atoms with Gasteiger partial charge >= 0.3 is 0 Å². The van der Waals surface area contributed by atoms with E-state index in [0.717, 1.165) is 11.4 Å². The number of hydrazine groups is 1. The zero-order chi connectivity index (χ0) is 20.9. The number of nitrogens with two attached hydrogens (primary N) is 1. The molecule has 0 radical (unpaired) electrons. The molecule has 0 spiro atoms. The number of hydrogen-bond donors (Lipinski definition) is 3. The maximum atomic E-state index is 6.37. The molecule has 0 aliphatic rings. The number of rotatable bonds is 6. The van der Waals surface area contributed by atoms with Crippen LogP contribution in [0.25, 0.3) is 0 Å². The summed E-state index contributed by atoms with van der Waals surface area (Å²) >= 11 is 12.4. The van der Waals surface area contributed by atoms with Crippen molar-refractivity contribution in [3.63, 3.8) is 0 Å². The summed E-state index contributed by atoms with van der Waals surface area (Å²) in [4.78, 5) is 8.57. The smallest absolute Gasteiger partial charge is 0.173 e. The average Bonchev–Trinajstić information content (AvgIpc) is 2.78. The molecule has 4 N–H and O–H groups in total. The maximum Gasteiger partial charge on any atom is 0.173 e. The Bertz CT molecular complexity index is 1100. The topological polar surface area (TPSA) is 79.1 Å². The number of halogens is 2. The Balaban J connectivity index is 1.68. The summed E-state index contributed by atoms with van der Waals surface area (Å²) < 4.78 is 0. The first kappa shape index (κ1) is 19.8. The van der Waals surface area contributed by atoms with Crippen LogP contribution in [-0.2, 0) is 0 Å². The lowest BCUT2D eigenvalue weighted by molar-refractivity contribution is 1.09. The van der Waals surface area contributed by atoms with E-state index in [0.29, 0.717) is 33.1 Å². The lowest BCUT2D eigenvalue weighted by Gasteiger charge is -2.26. The average molecular weight is 437 g/mol. The van der Waals surface area contributed by atoms with E-state index in [1.54, 1.807) is 18.2 Å². The third-order valence-electron chi connectivity index (χ3n) is 4.34. The summed E-state index contributed by atoms with van der Waals surface area (Å²) in [5.74, 6) is 0.857. The van der Waals surface area contributed by atoms with Crippen molar-refractivity contribution in [2.24, 2.45) is 0 Å². The predicted molar refractivity (Wildman–Crippen MR) is 125 cm³/mol. The number of nitrogen functional groups attached to an aromatic ring is 1. The lowest BCUT2D eigenvalue weighted by Crippen LogP contribution is -2.26. The molecule has 0 amide bonds. The number of benzene rings is 3. The highest BCUT2D eigenvalue weighted by Crippen LogP contribution is 2.34. The molecule has 0 atom stereocenters. The molecule has 6 nitrogen and oxygen atoms in total.